The van der Waals surface area contributed by atoms with E-state index in [1.54, 1.807) is 23.1 Å². The van der Waals surface area contributed by atoms with Gasteiger partial charge in [-0.1, -0.05) is 17.7 Å². The SMILES string of the molecule is Cc1ccc(OCCN2C(=O)COc3ccc(NC(=O)c4ccc(F)cc4)cc32)cc1. The summed E-state index contributed by atoms with van der Waals surface area (Å²) in [6.45, 7) is 2.58. The second kappa shape index (κ2) is 8.87. The van der Waals surface area contributed by atoms with Crippen molar-refractivity contribution in [3.8, 4) is 11.5 Å². The van der Waals surface area contributed by atoms with Crippen molar-refractivity contribution in [2.75, 3.05) is 30.0 Å². The molecule has 0 spiro atoms. The molecule has 2 amide bonds. The van der Waals surface area contributed by atoms with Crippen molar-refractivity contribution in [2.45, 2.75) is 6.92 Å². The molecule has 1 aliphatic rings. The number of hydrogen-bond acceptors (Lipinski definition) is 4. The van der Waals surface area contributed by atoms with Crippen molar-refractivity contribution in [1.29, 1.82) is 0 Å². The minimum Gasteiger partial charge on any atom is -0.492 e. The maximum atomic E-state index is 13.1. The van der Waals surface area contributed by atoms with E-state index in [0.29, 0.717) is 35.8 Å². The summed E-state index contributed by atoms with van der Waals surface area (Å²) in [5, 5.41) is 2.76. The molecule has 158 valence electrons. The molecule has 0 aliphatic carbocycles. The number of halogens is 1. The summed E-state index contributed by atoms with van der Waals surface area (Å²) in [6, 6.07) is 18.0. The predicted octanol–water partition coefficient (Wildman–Crippen LogP) is 4.19. The molecule has 1 N–H and O–H groups in total. The predicted molar refractivity (Wildman–Crippen MR) is 115 cm³/mol. The van der Waals surface area contributed by atoms with E-state index in [0.717, 1.165) is 11.3 Å². The van der Waals surface area contributed by atoms with Gasteiger partial charge in [-0.15, -0.1) is 0 Å². The summed E-state index contributed by atoms with van der Waals surface area (Å²) >= 11 is 0. The number of benzene rings is 3. The third kappa shape index (κ3) is 4.83. The molecule has 1 heterocycles. The maximum Gasteiger partial charge on any atom is 0.265 e. The molecule has 0 radical (unpaired) electrons. The molecule has 1 aliphatic heterocycles. The van der Waals surface area contributed by atoms with Gasteiger partial charge < -0.3 is 19.7 Å². The lowest BCUT2D eigenvalue weighted by atomic mass is 10.1. The summed E-state index contributed by atoms with van der Waals surface area (Å²) in [4.78, 5) is 26.5. The number of carbonyl (C=O) groups excluding carboxylic acids is 2. The Morgan fingerprint density at radius 1 is 1.10 bits per heavy atom. The molecule has 4 rings (SSSR count). The van der Waals surface area contributed by atoms with Gasteiger partial charge in [0.2, 0.25) is 0 Å². The topological polar surface area (TPSA) is 67.9 Å². The van der Waals surface area contributed by atoms with E-state index in [9.17, 15) is 14.0 Å². The average molecular weight is 420 g/mol. The van der Waals surface area contributed by atoms with Crippen molar-refractivity contribution in [3.05, 3.63) is 83.7 Å². The fourth-order valence-electron chi connectivity index (χ4n) is 3.22. The minimum absolute atomic E-state index is 0.0567. The molecular weight excluding hydrogens is 399 g/mol. The maximum absolute atomic E-state index is 13.1. The molecule has 0 saturated heterocycles. The molecular formula is C24H21FN2O4. The number of ether oxygens (including phenoxy) is 2. The van der Waals surface area contributed by atoms with Gasteiger partial charge in [0.1, 0.15) is 23.9 Å². The van der Waals surface area contributed by atoms with Gasteiger partial charge in [-0.25, -0.2) is 4.39 Å². The number of carbonyl (C=O) groups is 2. The molecule has 3 aromatic carbocycles. The second-order valence-corrected chi connectivity index (χ2v) is 7.14. The molecule has 7 heteroatoms. The van der Waals surface area contributed by atoms with Crippen LogP contribution >= 0.6 is 0 Å². The number of fused-ring (bicyclic) bond motifs is 1. The summed E-state index contributed by atoms with van der Waals surface area (Å²) in [7, 11) is 0. The number of hydrogen-bond donors (Lipinski definition) is 1. The van der Waals surface area contributed by atoms with Gasteiger partial charge >= 0.3 is 0 Å². The van der Waals surface area contributed by atoms with Crippen molar-refractivity contribution in [1.82, 2.24) is 0 Å². The lowest BCUT2D eigenvalue weighted by Crippen LogP contribution is -2.41. The zero-order chi connectivity index (χ0) is 21.8. The van der Waals surface area contributed by atoms with Crippen LogP contribution in [-0.4, -0.2) is 31.6 Å². The highest BCUT2D eigenvalue weighted by molar-refractivity contribution is 6.05. The Balaban J connectivity index is 1.47. The Bertz CT molecular complexity index is 1100. The minimum atomic E-state index is -0.413. The first kappa shape index (κ1) is 20.4. The molecule has 0 saturated carbocycles. The highest BCUT2D eigenvalue weighted by atomic mass is 19.1. The molecule has 6 nitrogen and oxygen atoms in total. The van der Waals surface area contributed by atoms with Crippen molar-refractivity contribution >= 4 is 23.2 Å². The third-order valence-corrected chi connectivity index (χ3v) is 4.87. The monoisotopic (exact) mass is 420 g/mol. The largest absolute Gasteiger partial charge is 0.492 e. The van der Waals surface area contributed by atoms with E-state index in [4.69, 9.17) is 9.47 Å². The Morgan fingerprint density at radius 3 is 2.58 bits per heavy atom. The normalized spacial score (nSPS) is 12.7. The first-order chi connectivity index (χ1) is 15.0. The number of nitrogens with zero attached hydrogens (tertiary/aromatic N) is 1. The average Bonchev–Trinajstić information content (AvgIpc) is 2.77. The summed E-state index contributed by atoms with van der Waals surface area (Å²) < 4.78 is 24.3. The number of anilines is 2. The van der Waals surface area contributed by atoms with E-state index < -0.39 is 5.82 Å². The zero-order valence-corrected chi connectivity index (χ0v) is 16.9. The fraction of sp³-hybridized carbons (Fsp3) is 0.167. The first-order valence-electron chi connectivity index (χ1n) is 9.83. The third-order valence-electron chi connectivity index (χ3n) is 4.87. The van der Waals surface area contributed by atoms with Gasteiger partial charge in [-0.2, -0.15) is 0 Å². The zero-order valence-electron chi connectivity index (χ0n) is 16.9. The Kier molecular flexibility index (Phi) is 5.84. The Morgan fingerprint density at radius 2 is 1.84 bits per heavy atom. The Hall–Kier alpha value is -3.87. The number of nitrogens with one attached hydrogen (secondary N) is 1. The number of aryl methyl sites for hydroxylation is 1. The molecule has 0 fully saturated rings. The molecule has 0 unspecified atom stereocenters. The van der Waals surface area contributed by atoms with Crippen LogP contribution in [0.5, 0.6) is 11.5 Å². The molecule has 31 heavy (non-hydrogen) atoms. The van der Waals surface area contributed by atoms with E-state index >= 15 is 0 Å². The lowest BCUT2D eigenvalue weighted by Gasteiger charge is -2.29. The highest BCUT2D eigenvalue weighted by Gasteiger charge is 2.26. The smallest absolute Gasteiger partial charge is 0.265 e. The van der Waals surface area contributed by atoms with Crippen LogP contribution in [0.1, 0.15) is 15.9 Å². The van der Waals surface area contributed by atoms with E-state index in [-0.39, 0.29) is 18.4 Å². The standard InChI is InChI=1S/C24H21FN2O4/c1-16-2-9-20(10-3-16)30-13-12-27-21-14-19(8-11-22(21)31-15-23(27)28)26-24(29)17-4-6-18(25)7-5-17/h2-11,14H,12-13,15H2,1H3,(H,26,29). The van der Waals surface area contributed by atoms with Gasteiger partial charge in [0, 0.05) is 11.3 Å². The van der Waals surface area contributed by atoms with Gasteiger partial charge in [-0.3, -0.25) is 9.59 Å². The van der Waals surface area contributed by atoms with Gasteiger partial charge in [0.25, 0.3) is 11.8 Å². The molecule has 3 aromatic rings. The van der Waals surface area contributed by atoms with Crippen molar-refractivity contribution in [3.63, 3.8) is 0 Å². The lowest BCUT2D eigenvalue weighted by molar-refractivity contribution is -0.121. The van der Waals surface area contributed by atoms with Crippen LogP contribution < -0.4 is 19.7 Å². The van der Waals surface area contributed by atoms with Gasteiger partial charge in [0.15, 0.2) is 6.61 Å². The molecule has 0 aromatic heterocycles. The number of amides is 2. The van der Waals surface area contributed by atoms with E-state index in [1.165, 1.54) is 24.3 Å². The van der Waals surface area contributed by atoms with Crippen LogP contribution in [0, 0.1) is 12.7 Å². The van der Waals surface area contributed by atoms with E-state index in [2.05, 4.69) is 5.32 Å². The van der Waals surface area contributed by atoms with Crippen molar-refractivity contribution in [2.24, 2.45) is 0 Å². The van der Waals surface area contributed by atoms with Crippen LogP contribution in [0.25, 0.3) is 0 Å². The van der Waals surface area contributed by atoms with E-state index in [1.807, 2.05) is 31.2 Å². The summed E-state index contributed by atoms with van der Waals surface area (Å²) in [5.41, 5.74) is 2.52. The van der Waals surface area contributed by atoms with Crippen LogP contribution in [0.2, 0.25) is 0 Å². The second-order valence-electron chi connectivity index (χ2n) is 7.14. The fourth-order valence-corrected chi connectivity index (χ4v) is 3.22. The van der Waals surface area contributed by atoms with Gasteiger partial charge in [0.05, 0.1) is 12.2 Å². The quantitative estimate of drug-likeness (QED) is 0.649. The van der Waals surface area contributed by atoms with Crippen LogP contribution in [-0.2, 0) is 4.79 Å². The molecule has 0 atom stereocenters. The van der Waals surface area contributed by atoms with Crippen LogP contribution in [0.4, 0.5) is 15.8 Å². The summed E-state index contributed by atoms with van der Waals surface area (Å²) in [5.74, 6) is 0.297. The molecule has 0 bridgehead atoms. The summed E-state index contributed by atoms with van der Waals surface area (Å²) in [6.07, 6.45) is 0. The number of rotatable bonds is 6. The van der Waals surface area contributed by atoms with Gasteiger partial charge in [-0.05, 0) is 61.5 Å². The van der Waals surface area contributed by atoms with Crippen molar-refractivity contribution < 1.29 is 23.5 Å². The first-order valence-corrected chi connectivity index (χ1v) is 9.83. The Labute approximate surface area is 179 Å². The highest BCUT2D eigenvalue weighted by Crippen LogP contribution is 2.34. The van der Waals surface area contributed by atoms with Crippen LogP contribution in [0.15, 0.2) is 66.7 Å². The van der Waals surface area contributed by atoms with Crippen LogP contribution in [0.3, 0.4) is 0 Å².